The zero-order valence-corrected chi connectivity index (χ0v) is 14.2. The number of halogens is 1. The van der Waals surface area contributed by atoms with Crippen LogP contribution in [-0.2, 0) is 6.54 Å². The molecule has 0 N–H and O–H groups in total. The summed E-state index contributed by atoms with van der Waals surface area (Å²) in [5.41, 5.74) is 0.863. The van der Waals surface area contributed by atoms with Gasteiger partial charge in [0.15, 0.2) is 11.5 Å². The Balaban J connectivity index is 1.67. The molecule has 0 saturated carbocycles. The van der Waals surface area contributed by atoms with Crippen molar-refractivity contribution in [2.75, 3.05) is 13.2 Å². The molecular weight excluding hydrogens is 384 g/mol. The van der Waals surface area contributed by atoms with Crippen LogP contribution in [0.25, 0.3) is 10.8 Å². The number of hydrogen-bond acceptors (Lipinski definition) is 6. The Morgan fingerprint density at radius 1 is 1.26 bits per heavy atom. The molecule has 0 aliphatic carbocycles. The molecule has 0 atom stereocenters. The number of ether oxygens (including phenoxy) is 2. The number of fused-ring (bicyclic) bond motifs is 1. The number of hydrogen-bond donors (Lipinski definition) is 0. The average molecular weight is 395 g/mol. The van der Waals surface area contributed by atoms with Crippen LogP contribution in [0.1, 0.15) is 5.56 Å². The van der Waals surface area contributed by atoms with Crippen LogP contribution >= 0.6 is 27.3 Å². The minimum absolute atomic E-state index is 0.283. The normalized spacial score (nSPS) is 13.3. The molecule has 0 unspecified atom stereocenters. The molecule has 1 aliphatic rings. The number of rotatable bonds is 3. The van der Waals surface area contributed by atoms with E-state index in [2.05, 4.69) is 21.0 Å². The van der Waals surface area contributed by atoms with E-state index < -0.39 is 5.76 Å². The van der Waals surface area contributed by atoms with Gasteiger partial charge in [-0.25, -0.2) is 4.79 Å². The van der Waals surface area contributed by atoms with E-state index in [0.717, 1.165) is 14.9 Å². The van der Waals surface area contributed by atoms with Gasteiger partial charge in [0.2, 0.25) is 0 Å². The SMILES string of the molecule is O=c1oc(-c2cccs2)nn1Cc1cc2c(cc1Br)OCCO2. The molecule has 0 saturated heterocycles. The first kappa shape index (κ1) is 14.5. The molecule has 0 fully saturated rings. The van der Waals surface area contributed by atoms with E-state index in [1.54, 1.807) is 0 Å². The maximum atomic E-state index is 12.0. The van der Waals surface area contributed by atoms with Gasteiger partial charge in [-0.1, -0.05) is 22.0 Å². The first-order valence-corrected chi connectivity index (χ1v) is 8.58. The number of thiophene rings is 1. The van der Waals surface area contributed by atoms with E-state index in [-0.39, 0.29) is 6.54 Å². The Kier molecular flexibility index (Phi) is 3.70. The standard InChI is InChI=1S/C15H11BrN2O4S/c16-10-7-12-11(20-3-4-21-12)6-9(10)8-18-15(19)22-14(17-18)13-2-1-5-23-13/h1-2,5-7H,3-4,8H2. The van der Waals surface area contributed by atoms with Gasteiger partial charge in [-0.3, -0.25) is 0 Å². The van der Waals surface area contributed by atoms with Gasteiger partial charge >= 0.3 is 5.76 Å². The molecule has 6 nitrogen and oxygen atoms in total. The maximum Gasteiger partial charge on any atom is 0.437 e. The fraction of sp³-hybridized carbons (Fsp3) is 0.200. The summed E-state index contributed by atoms with van der Waals surface area (Å²) in [5, 5.41) is 6.16. The van der Waals surface area contributed by atoms with Crippen molar-refractivity contribution < 1.29 is 13.9 Å². The van der Waals surface area contributed by atoms with Crippen LogP contribution in [0, 0.1) is 0 Å². The summed E-state index contributed by atoms with van der Waals surface area (Å²) in [6.07, 6.45) is 0. The second-order valence-electron chi connectivity index (χ2n) is 4.90. The second-order valence-corrected chi connectivity index (χ2v) is 6.70. The largest absolute Gasteiger partial charge is 0.486 e. The van der Waals surface area contributed by atoms with Gasteiger partial charge < -0.3 is 13.9 Å². The Hall–Kier alpha value is -2.06. The third-order valence-electron chi connectivity index (χ3n) is 3.37. The quantitative estimate of drug-likeness (QED) is 0.682. The van der Waals surface area contributed by atoms with E-state index in [1.165, 1.54) is 16.0 Å². The van der Waals surface area contributed by atoms with E-state index in [9.17, 15) is 4.79 Å². The molecule has 0 radical (unpaired) electrons. The predicted octanol–water partition coefficient (Wildman–Crippen LogP) is 3.15. The van der Waals surface area contributed by atoms with Crippen molar-refractivity contribution >= 4 is 27.3 Å². The molecule has 0 spiro atoms. The van der Waals surface area contributed by atoms with Crippen LogP contribution < -0.4 is 15.2 Å². The summed E-state index contributed by atoms with van der Waals surface area (Å²) in [7, 11) is 0. The highest BCUT2D eigenvalue weighted by Crippen LogP contribution is 2.35. The third kappa shape index (κ3) is 2.79. The van der Waals surface area contributed by atoms with Crippen LogP contribution in [0.2, 0.25) is 0 Å². The zero-order valence-electron chi connectivity index (χ0n) is 11.8. The third-order valence-corrected chi connectivity index (χ3v) is 4.97. The van der Waals surface area contributed by atoms with Gasteiger partial charge in [0.25, 0.3) is 5.89 Å². The van der Waals surface area contributed by atoms with Gasteiger partial charge in [-0.15, -0.1) is 16.4 Å². The predicted molar refractivity (Wildman–Crippen MR) is 88.3 cm³/mol. The molecule has 2 aromatic heterocycles. The topological polar surface area (TPSA) is 66.5 Å². The smallest absolute Gasteiger partial charge is 0.437 e. The summed E-state index contributed by atoms with van der Waals surface area (Å²) in [6, 6.07) is 7.44. The van der Waals surface area contributed by atoms with Crippen LogP contribution in [-0.4, -0.2) is 23.0 Å². The van der Waals surface area contributed by atoms with Crippen molar-refractivity contribution in [2.24, 2.45) is 0 Å². The monoisotopic (exact) mass is 394 g/mol. The van der Waals surface area contributed by atoms with Crippen molar-refractivity contribution in [2.45, 2.75) is 6.54 Å². The van der Waals surface area contributed by atoms with Gasteiger partial charge in [0, 0.05) is 4.47 Å². The number of benzene rings is 1. The Labute approximate surface area is 143 Å². The molecular formula is C15H11BrN2O4S. The van der Waals surface area contributed by atoms with Crippen molar-refractivity contribution in [3.05, 3.63) is 50.2 Å². The van der Waals surface area contributed by atoms with E-state index >= 15 is 0 Å². The lowest BCUT2D eigenvalue weighted by Crippen LogP contribution is -2.18. The highest BCUT2D eigenvalue weighted by atomic mass is 79.9. The van der Waals surface area contributed by atoms with Crippen LogP contribution in [0.5, 0.6) is 11.5 Å². The Morgan fingerprint density at radius 2 is 2.04 bits per heavy atom. The Morgan fingerprint density at radius 3 is 2.78 bits per heavy atom. The first-order valence-electron chi connectivity index (χ1n) is 6.90. The molecule has 3 aromatic rings. The van der Waals surface area contributed by atoms with Crippen LogP contribution in [0.3, 0.4) is 0 Å². The summed E-state index contributed by atoms with van der Waals surface area (Å²) >= 11 is 4.97. The molecule has 0 bridgehead atoms. The van der Waals surface area contributed by atoms with E-state index in [0.29, 0.717) is 30.6 Å². The lowest BCUT2D eigenvalue weighted by molar-refractivity contribution is 0.171. The summed E-state index contributed by atoms with van der Waals surface area (Å²) < 4.78 is 18.4. The highest BCUT2D eigenvalue weighted by Gasteiger charge is 2.17. The van der Waals surface area contributed by atoms with Gasteiger partial charge in [-0.05, 0) is 29.1 Å². The fourth-order valence-electron chi connectivity index (χ4n) is 2.29. The first-order chi connectivity index (χ1) is 11.2. The van der Waals surface area contributed by atoms with Crippen LogP contribution in [0.4, 0.5) is 0 Å². The van der Waals surface area contributed by atoms with Crippen molar-refractivity contribution in [3.8, 4) is 22.3 Å². The van der Waals surface area contributed by atoms with E-state index in [4.69, 9.17) is 13.9 Å². The molecule has 4 rings (SSSR count). The molecule has 0 amide bonds. The minimum Gasteiger partial charge on any atom is -0.486 e. The lowest BCUT2D eigenvalue weighted by Gasteiger charge is -2.19. The molecule has 8 heteroatoms. The summed E-state index contributed by atoms with van der Waals surface area (Å²) in [5.74, 6) is 1.21. The number of nitrogens with zero attached hydrogens (tertiary/aromatic N) is 2. The average Bonchev–Trinajstić information content (AvgIpc) is 3.18. The van der Waals surface area contributed by atoms with Gasteiger partial charge in [-0.2, -0.15) is 4.68 Å². The van der Waals surface area contributed by atoms with Gasteiger partial charge in [0.05, 0.1) is 11.4 Å². The van der Waals surface area contributed by atoms with Crippen molar-refractivity contribution in [1.82, 2.24) is 9.78 Å². The molecule has 1 aliphatic heterocycles. The highest BCUT2D eigenvalue weighted by molar-refractivity contribution is 9.10. The zero-order chi connectivity index (χ0) is 15.8. The summed E-state index contributed by atoms with van der Waals surface area (Å²) in [6.45, 7) is 1.33. The van der Waals surface area contributed by atoms with Crippen molar-refractivity contribution in [1.29, 1.82) is 0 Å². The Bertz CT molecular complexity index is 901. The van der Waals surface area contributed by atoms with Gasteiger partial charge in [0.1, 0.15) is 13.2 Å². The van der Waals surface area contributed by atoms with Crippen molar-refractivity contribution in [3.63, 3.8) is 0 Å². The van der Waals surface area contributed by atoms with Crippen LogP contribution in [0.15, 0.2) is 43.3 Å². The maximum absolute atomic E-state index is 12.0. The molecule has 118 valence electrons. The lowest BCUT2D eigenvalue weighted by atomic mass is 10.2. The molecule has 23 heavy (non-hydrogen) atoms. The summed E-state index contributed by atoms with van der Waals surface area (Å²) in [4.78, 5) is 12.8. The number of aromatic nitrogens is 2. The minimum atomic E-state index is -0.491. The molecule has 1 aromatic carbocycles. The second kappa shape index (κ2) is 5.86. The van der Waals surface area contributed by atoms with E-state index in [1.807, 2.05) is 29.6 Å². The fourth-order valence-corrected chi connectivity index (χ4v) is 3.39. The molecule has 3 heterocycles.